The van der Waals surface area contributed by atoms with Crippen LogP contribution in [0.5, 0.6) is 5.75 Å². The lowest BCUT2D eigenvalue weighted by atomic mass is 9.75. The van der Waals surface area contributed by atoms with Crippen LogP contribution in [0.1, 0.15) is 44.1 Å². The summed E-state index contributed by atoms with van der Waals surface area (Å²) in [4.78, 5) is 0. The minimum atomic E-state index is 0.0746. The molecule has 0 aromatic heterocycles. The van der Waals surface area contributed by atoms with Crippen LogP contribution in [-0.2, 0) is 4.74 Å². The molecule has 3 nitrogen and oxygen atoms in total. The van der Waals surface area contributed by atoms with Crippen LogP contribution in [-0.4, -0.2) is 31.9 Å². The Morgan fingerprint density at radius 1 is 1.30 bits per heavy atom. The van der Waals surface area contributed by atoms with Gasteiger partial charge in [-0.15, -0.1) is 0 Å². The highest BCUT2D eigenvalue weighted by atomic mass is 16.5. The van der Waals surface area contributed by atoms with Crippen molar-refractivity contribution in [3.8, 4) is 5.75 Å². The van der Waals surface area contributed by atoms with Gasteiger partial charge in [-0.3, -0.25) is 0 Å². The fourth-order valence-corrected chi connectivity index (χ4v) is 3.27. The van der Waals surface area contributed by atoms with Gasteiger partial charge in [0.05, 0.1) is 12.7 Å². The maximum Gasteiger partial charge on any atom is 0.118 e. The van der Waals surface area contributed by atoms with Gasteiger partial charge in [0.15, 0.2) is 0 Å². The highest BCUT2D eigenvalue weighted by molar-refractivity contribution is 5.30. The van der Waals surface area contributed by atoms with Crippen LogP contribution < -0.4 is 10.1 Å². The van der Waals surface area contributed by atoms with Crippen molar-refractivity contribution < 1.29 is 9.47 Å². The van der Waals surface area contributed by atoms with Crippen LogP contribution in [0, 0.1) is 0 Å². The second kappa shape index (κ2) is 5.74. The van der Waals surface area contributed by atoms with Crippen molar-refractivity contribution in [2.75, 3.05) is 20.3 Å². The Balaban J connectivity index is 1.44. The van der Waals surface area contributed by atoms with E-state index in [2.05, 4.69) is 36.5 Å². The molecule has 2 fully saturated rings. The summed E-state index contributed by atoms with van der Waals surface area (Å²) in [6.45, 7) is 4.15. The van der Waals surface area contributed by atoms with Gasteiger partial charge in [0.25, 0.3) is 0 Å². The zero-order valence-corrected chi connectivity index (χ0v) is 12.5. The molecule has 1 saturated heterocycles. The van der Waals surface area contributed by atoms with Crippen LogP contribution in [0.2, 0.25) is 0 Å². The van der Waals surface area contributed by atoms with Crippen LogP contribution in [0.3, 0.4) is 0 Å². The first-order valence-corrected chi connectivity index (χ1v) is 7.70. The van der Waals surface area contributed by atoms with E-state index in [1.54, 1.807) is 7.11 Å². The molecule has 1 unspecified atom stereocenters. The number of methoxy groups -OCH3 is 1. The van der Waals surface area contributed by atoms with E-state index in [4.69, 9.17) is 9.47 Å². The third-order valence-electron chi connectivity index (χ3n) is 4.79. The SMILES string of the molecule is COc1ccc(C2CC(NCC3(C)CCCO3)C2)cc1. The van der Waals surface area contributed by atoms with Gasteiger partial charge in [0.1, 0.15) is 5.75 Å². The molecule has 1 aromatic rings. The molecule has 20 heavy (non-hydrogen) atoms. The zero-order chi connectivity index (χ0) is 14.0. The van der Waals surface area contributed by atoms with Crippen molar-refractivity contribution in [3.63, 3.8) is 0 Å². The molecule has 110 valence electrons. The Morgan fingerprint density at radius 2 is 2.05 bits per heavy atom. The minimum Gasteiger partial charge on any atom is -0.497 e. The predicted molar refractivity (Wildman–Crippen MR) is 80.4 cm³/mol. The third-order valence-corrected chi connectivity index (χ3v) is 4.79. The van der Waals surface area contributed by atoms with E-state index in [0.717, 1.165) is 18.9 Å². The lowest BCUT2D eigenvalue weighted by molar-refractivity contribution is 0.0158. The van der Waals surface area contributed by atoms with Crippen molar-refractivity contribution >= 4 is 0 Å². The molecule has 1 aliphatic heterocycles. The van der Waals surface area contributed by atoms with Crippen LogP contribution in [0.15, 0.2) is 24.3 Å². The van der Waals surface area contributed by atoms with Gasteiger partial charge < -0.3 is 14.8 Å². The van der Waals surface area contributed by atoms with Gasteiger partial charge in [-0.25, -0.2) is 0 Å². The Labute approximate surface area is 121 Å². The van der Waals surface area contributed by atoms with E-state index < -0.39 is 0 Å². The van der Waals surface area contributed by atoms with Gasteiger partial charge in [-0.1, -0.05) is 12.1 Å². The molecule has 1 aromatic carbocycles. The normalized spacial score (nSPS) is 32.9. The van der Waals surface area contributed by atoms with Crippen LogP contribution in [0.25, 0.3) is 0 Å². The zero-order valence-electron chi connectivity index (χ0n) is 12.5. The topological polar surface area (TPSA) is 30.5 Å². The summed E-state index contributed by atoms with van der Waals surface area (Å²) in [5, 5.41) is 3.67. The summed E-state index contributed by atoms with van der Waals surface area (Å²) in [5.41, 5.74) is 1.51. The number of hydrogen-bond donors (Lipinski definition) is 1. The van der Waals surface area contributed by atoms with Crippen molar-refractivity contribution in [2.24, 2.45) is 0 Å². The van der Waals surface area contributed by atoms with E-state index in [9.17, 15) is 0 Å². The lowest BCUT2D eigenvalue weighted by Crippen LogP contribution is -2.47. The maximum absolute atomic E-state index is 5.82. The second-order valence-electron chi connectivity index (χ2n) is 6.42. The molecule has 0 amide bonds. The number of rotatable bonds is 5. The van der Waals surface area contributed by atoms with E-state index in [1.807, 2.05) is 0 Å². The molecule has 1 heterocycles. The molecule has 1 saturated carbocycles. The Kier molecular flexibility index (Phi) is 3.99. The Hall–Kier alpha value is -1.06. The lowest BCUT2D eigenvalue weighted by Gasteiger charge is -2.38. The molecule has 2 aliphatic rings. The van der Waals surface area contributed by atoms with Gasteiger partial charge in [-0.2, -0.15) is 0 Å². The maximum atomic E-state index is 5.82. The first-order valence-electron chi connectivity index (χ1n) is 7.70. The first-order chi connectivity index (χ1) is 9.68. The van der Waals surface area contributed by atoms with Crippen molar-refractivity contribution in [3.05, 3.63) is 29.8 Å². The fraction of sp³-hybridized carbons (Fsp3) is 0.647. The van der Waals surface area contributed by atoms with Crippen LogP contribution >= 0.6 is 0 Å². The highest BCUT2D eigenvalue weighted by Crippen LogP contribution is 2.37. The number of benzene rings is 1. The van der Waals surface area contributed by atoms with Crippen molar-refractivity contribution in [2.45, 2.75) is 50.2 Å². The first kappa shape index (κ1) is 13.9. The number of nitrogens with one attached hydrogen (secondary N) is 1. The van der Waals surface area contributed by atoms with Crippen LogP contribution in [0.4, 0.5) is 0 Å². The Morgan fingerprint density at radius 3 is 2.65 bits per heavy atom. The quantitative estimate of drug-likeness (QED) is 0.895. The molecule has 3 heteroatoms. The largest absolute Gasteiger partial charge is 0.497 e. The third kappa shape index (κ3) is 2.99. The van der Waals surface area contributed by atoms with E-state index in [1.165, 1.54) is 31.2 Å². The summed E-state index contributed by atoms with van der Waals surface area (Å²) >= 11 is 0. The molecule has 0 radical (unpaired) electrons. The molecule has 1 N–H and O–H groups in total. The smallest absolute Gasteiger partial charge is 0.118 e. The summed E-state index contributed by atoms with van der Waals surface area (Å²) in [6, 6.07) is 9.16. The molecule has 3 rings (SSSR count). The molecule has 1 atom stereocenters. The average Bonchev–Trinajstić information content (AvgIpc) is 2.85. The highest BCUT2D eigenvalue weighted by Gasteiger charge is 2.34. The van der Waals surface area contributed by atoms with Crippen molar-refractivity contribution in [1.82, 2.24) is 5.32 Å². The second-order valence-corrected chi connectivity index (χ2v) is 6.42. The summed E-state index contributed by atoms with van der Waals surface area (Å²) in [6.07, 6.45) is 4.87. The molecular formula is C17H25NO2. The number of hydrogen-bond acceptors (Lipinski definition) is 3. The predicted octanol–water partition coefficient (Wildman–Crippen LogP) is 3.10. The van der Waals surface area contributed by atoms with E-state index in [0.29, 0.717) is 12.0 Å². The standard InChI is InChI=1S/C17H25NO2/c1-17(8-3-9-20-17)12-18-15-10-14(11-15)13-4-6-16(19-2)7-5-13/h4-7,14-15,18H,3,8-12H2,1-2H3. The summed E-state index contributed by atoms with van der Waals surface area (Å²) < 4.78 is 11.0. The average molecular weight is 275 g/mol. The van der Waals surface area contributed by atoms with Gasteiger partial charge in [0, 0.05) is 19.2 Å². The Bertz CT molecular complexity index is 431. The minimum absolute atomic E-state index is 0.0746. The summed E-state index contributed by atoms with van der Waals surface area (Å²) in [5.74, 6) is 1.64. The van der Waals surface area contributed by atoms with Gasteiger partial charge in [-0.05, 0) is 56.2 Å². The van der Waals surface area contributed by atoms with Crippen molar-refractivity contribution in [1.29, 1.82) is 0 Å². The van der Waals surface area contributed by atoms with E-state index in [-0.39, 0.29) is 5.60 Å². The molecular weight excluding hydrogens is 250 g/mol. The summed E-state index contributed by atoms with van der Waals surface area (Å²) in [7, 11) is 1.71. The van der Waals surface area contributed by atoms with E-state index >= 15 is 0 Å². The fourth-order valence-electron chi connectivity index (χ4n) is 3.27. The number of ether oxygens (including phenoxy) is 2. The van der Waals surface area contributed by atoms with Gasteiger partial charge >= 0.3 is 0 Å². The van der Waals surface area contributed by atoms with Gasteiger partial charge in [0.2, 0.25) is 0 Å². The molecule has 0 bridgehead atoms. The molecule has 1 aliphatic carbocycles. The molecule has 0 spiro atoms. The monoisotopic (exact) mass is 275 g/mol.